The summed E-state index contributed by atoms with van der Waals surface area (Å²) < 4.78 is 32.0. The maximum absolute atomic E-state index is 11.4. The van der Waals surface area contributed by atoms with Gasteiger partial charge < -0.3 is 0 Å². The first-order valence-electron chi connectivity index (χ1n) is 5.40. The first-order chi connectivity index (χ1) is 7.91. The Morgan fingerprint density at radius 1 is 1.06 bits per heavy atom. The maximum atomic E-state index is 11.4. The van der Waals surface area contributed by atoms with E-state index in [-0.39, 0.29) is 10.8 Å². The number of fused-ring (bicyclic) bond motifs is 1. The molecule has 4 heteroatoms. The molecule has 3 nitrogen and oxygen atoms in total. The molecular weight excluding hydrogens is 236 g/mol. The van der Waals surface area contributed by atoms with E-state index in [4.69, 9.17) is 0 Å². The van der Waals surface area contributed by atoms with Crippen LogP contribution in [0.15, 0.2) is 41.3 Å². The first-order valence-corrected chi connectivity index (χ1v) is 6.84. The Morgan fingerprint density at radius 2 is 1.65 bits per heavy atom. The average Bonchev–Trinajstić information content (AvgIpc) is 2.26. The van der Waals surface area contributed by atoms with Crippen molar-refractivity contribution in [1.29, 1.82) is 0 Å². The third kappa shape index (κ3) is 2.18. The average molecular weight is 250 g/mol. The Hall–Kier alpha value is -1.39. The number of hydrogen-bond acceptors (Lipinski definition) is 2. The number of rotatable bonds is 2. The van der Waals surface area contributed by atoms with Gasteiger partial charge in [0.15, 0.2) is 0 Å². The van der Waals surface area contributed by atoms with Crippen molar-refractivity contribution in [3.8, 4) is 0 Å². The van der Waals surface area contributed by atoms with Gasteiger partial charge in [-0.05, 0) is 22.9 Å². The molecule has 0 unspecified atom stereocenters. The quantitative estimate of drug-likeness (QED) is 0.833. The monoisotopic (exact) mass is 250 g/mol. The zero-order chi connectivity index (χ0) is 12.6. The molecule has 2 aromatic rings. The molecule has 0 bridgehead atoms. The van der Waals surface area contributed by atoms with Crippen LogP contribution in [-0.2, 0) is 10.1 Å². The highest BCUT2D eigenvalue weighted by Gasteiger charge is 2.17. The maximum Gasteiger partial charge on any atom is 0.295 e. The van der Waals surface area contributed by atoms with E-state index in [1.54, 1.807) is 6.07 Å². The molecule has 17 heavy (non-hydrogen) atoms. The van der Waals surface area contributed by atoms with Crippen molar-refractivity contribution in [2.45, 2.75) is 24.7 Å². The first kappa shape index (κ1) is 12.1. The Morgan fingerprint density at radius 3 is 2.18 bits per heavy atom. The Kier molecular flexibility index (Phi) is 2.93. The largest absolute Gasteiger partial charge is 0.295 e. The molecule has 0 aromatic heterocycles. The molecule has 0 aliphatic heterocycles. The normalized spacial score (nSPS) is 12.2. The number of hydrogen-bond donors (Lipinski definition) is 1. The van der Waals surface area contributed by atoms with Gasteiger partial charge in [0.25, 0.3) is 10.1 Å². The van der Waals surface area contributed by atoms with Gasteiger partial charge in [0.05, 0.1) is 0 Å². The smallest absolute Gasteiger partial charge is 0.282 e. The number of benzene rings is 2. The van der Waals surface area contributed by atoms with Crippen LogP contribution in [0.1, 0.15) is 25.3 Å². The summed E-state index contributed by atoms with van der Waals surface area (Å²) in [5.41, 5.74) is 0.927. The van der Waals surface area contributed by atoms with Gasteiger partial charge in [-0.2, -0.15) is 8.42 Å². The van der Waals surface area contributed by atoms with Crippen LogP contribution in [0.25, 0.3) is 10.8 Å². The standard InChI is InChI=1S/C13H14O3S/c1-9(2)11-7-3-5-10-6-4-8-12(13(10)11)17(14,15)16/h3-9H,1-2H3,(H,14,15,16). The van der Waals surface area contributed by atoms with E-state index in [0.29, 0.717) is 5.39 Å². The lowest BCUT2D eigenvalue weighted by Crippen LogP contribution is -2.01. The summed E-state index contributed by atoms with van der Waals surface area (Å²) in [5, 5.41) is 1.44. The fourth-order valence-corrected chi connectivity index (χ4v) is 2.77. The molecule has 0 fully saturated rings. The van der Waals surface area contributed by atoms with Gasteiger partial charge in [-0.15, -0.1) is 0 Å². The minimum atomic E-state index is -4.19. The molecule has 1 N–H and O–H groups in total. The van der Waals surface area contributed by atoms with Crippen LogP contribution in [0, 0.1) is 0 Å². The molecular formula is C13H14O3S. The minimum absolute atomic E-state index is 0.0145. The van der Waals surface area contributed by atoms with Gasteiger partial charge in [-0.3, -0.25) is 4.55 Å². The zero-order valence-electron chi connectivity index (χ0n) is 9.71. The van der Waals surface area contributed by atoms with E-state index in [0.717, 1.165) is 10.9 Å². The lowest BCUT2D eigenvalue weighted by molar-refractivity contribution is 0.484. The second-order valence-corrected chi connectivity index (χ2v) is 5.72. The van der Waals surface area contributed by atoms with Gasteiger partial charge in [-0.25, -0.2) is 0 Å². The molecule has 0 atom stereocenters. The van der Waals surface area contributed by atoms with Crippen molar-refractivity contribution >= 4 is 20.9 Å². The SMILES string of the molecule is CC(C)c1cccc2cccc(S(=O)(=O)O)c12. The van der Waals surface area contributed by atoms with Gasteiger partial charge in [0.1, 0.15) is 4.90 Å². The molecule has 0 aliphatic carbocycles. The summed E-state index contributed by atoms with van der Waals surface area (Å²) in [6.07, 6.45) is 0. The van der Waals surface area contributed by atoms with Crippen LogP contribution in [-0.4, -0.2) is 13.0 Å². The fraction of sp³-hybridized carbons (Fsp3) is 0.231. The third-order valence-corrected chi connectivity index (χ3v) is 3.69. The van der Waals surface area contributed by atoms with E-state index in [9.17, 15) is 13.0 Å². The molecule has 0 amide bonds. The van der Waals surface area contributed by atoms with Crippen molar-refractivity contribution in [3.05, 3.63) is 42.0 Å². The van der Waals surface area contributed by atoms with Gasteiger partial charge in [-0.1, -0.05) is 44.2 Å². The second kappa shape index (κ2) is 4.13. The second-order valence-electron chi connectivity index (χ2n) is 4.33. The van der Waals surface area contributed by atoms with Crippen LogP contribution >= 0.6 is 0 Å². The van der Waals surface area contributed by atoms with E-state index in [2.05, 4.69) is 0 Å². The topological polar surface area (TPSA) is 54.4 Å². The summed E-state index contributed by atoms with van der Waals surface area (Å²) in [6, 6.07) is 10.5. The highest BCUT2D eigenvalue weighted by Crippen LogP contribution is 2.30. The summed E-state index contributed by atoms with van der Waals surface area (Å²) in [4.78, 5) is -0.0145. The van der Waals surface area contributed by atoms with E-state index in [1.807, 2.05) is 38.1 Å². The van der Waals surface area contributed by atoms with Crippen LogP contribution < -0.4 is 0 Å². The predicted molar refractivity (Wildman–Crippen MR) is 67.9 cm³/mol. The van der Waals surface area contributed by atoms with Crippen LogP contribution in [0.2, 0.25) is 0 Å². The molecule has 90 valence electrons. The highest BCUT2D eigenvalue weighted by atomic mass is 32.2. The highest BCUT2D eigenvalue weighted by molar-refractivity contribution is 7.86. The molecule has 2 rings (SSSR count). The van der Waals surface area contributed by atoms with Gasteiger partial charge in [0.2, 0.25) is 0 Å². The lowest BCUT2D eigenvalue weighted by Gasteiger charge is -2.12. The van der Waals surface area contributed by atoms with E-state index in [1.165, 1.54) is 6.07 Å². The van der Waals surface area contributed by atoms with E-state index >= 15 is 0 Å². The summed E-state index contributed by atoms with van der Waals surface area (Å²) in [6.45, 7) is 3.99. The van der Waals surface area contributed by atoms with Crippen LogP contribution in [0.3, 0.4) is 0 Å². The van der Waals surface area contributed by atoms with Crippen molar-refractivity contribution in [2.75, 3.05) is 0 Å². The zero-order valence-corrected chi connectivity index (χ0v) is 10.5. The van der Waals surface area contributed by atoms with Crippen molar-refractivity contribution in [1.82, 2.24) is 0 Å². The van der Waals surface area contributed by atoms with E-state index < -0.39 is 10.1 Å². The Labute approximate surface area is 101 Å². The van der Waals surface area contributed by atoms with Crippen molar-refractivity contribution < 1.29 is 13.0 Å². The summed E-state index contributed by atoms with van der Waals surface area (Å²) in [7, 11) is -4.19. The fourth-order valence-electron chi connectivity index (χ4n) is 2.03. The minimum Gasteiger partial charge on any atom is -0.282 e. The lowest BCUT2D eigenvalue weighted by atomic mass is 9.96. The molecule has 2 aromatic carbocycles. The van der Waals surface area contributed by atoms with Crippen LogP contribution in [0.4, 0.5) is 0 Å². The predicted octanol–water partition coefficient (Wildman–Crippen LogP) is 3.21. The Balaban J connectivity index is 2.96. The molecule has 0 radical (unpaired) electrons. The van der Waals surface area contributed by atoms with Crippen LogP contribution in [0.5, 0.6) is 0 Å². The molecule has 0 saturated heterocycles. The van der Waals surface area contributed by atoms with Crippen molar-refractivity contribution in [3.63, 3.8) is 0 Å². The van der Waals surface area contributed by atoms with Gasteiger partial charge in [0, 0.05) is 5.39 Å². The molecule has 0 spiro atoms. The molecule has 0 heterocycles. The summed E-state index contributed by atoms with van der Waals surface area (Å²) in [5.74, 6) is 0.196. The Bertz CT molecular complexity index is 652. The van der Waals surface area contributed by atoms with Crippen molar-refractivity contribution in [2.24, 2.45) is 0 Å². The summed E-state index contributed by atoms with van der Waals surface area (Å²) >= 11 is 0. The van der Waals surface area contributed by atoms with Gasteiger partial charge >= 0.3 is 0 Å². The third-order valence-electron chi connectivity index (χ3n) is 2.80. The molecule has 0 saturated carbocycles. The molecule has 0 aliphatic rings.